The minimum atomic E-state index is -1.18. The van der Waals surface area contributed by atoms with Crippen molar-refractivity contribution in [3.05, 3.63) is 34.9 Å². The summed E-state index contributed by atoms with van der Waals surface area (Å²) in [7, 11) is 0. The molecular weight excluding hydrogens is 277 g/mol. The number of aryl methyl sites for hydroxylation is 2. The molecule has 2 aromatic rings. The highest BCUT2D eigenvalue weighted by Gasteiger charge is 2.19. The first-order chi connectivity index (χ1) is 9.79. The predicted octanol–water partition coefficient (Wildman–Crippen LogP) is 1.59. The Bertz CT molecular complexity index is 746. The average molecular weight is 291 g/mol. The monoisotopic (exact) mass is 291 g/mol. The van der Waals surface area contributed by atoms with Gasteiger partial charge in [-0.15, -0.1) is 0 Å². The molecule has 1 aromatic heterocycles. The lowest BCUT2D eigenvalue weighted by Crippen LogP contribution is -2.38. The molecule has 1 atom stereocenters. The van der Waals surface area contributed by atoms with Gasteiger partial charge in [0.15, 0.2) is 0 Å². The summed E-state index contributed by atoms with van der Waals surface area (Å²) in [6.45, 7) is 4.79. The fourth-order valence-electron chi connectivity index (χ4n) is 1.81. The first-order valence-corrected chi connectivity index (χ1v) is 6.27. The molecule has 7 heteroatoms. The Morgan fingerprint density at radius 3 is 2.48 bits per heavy atom. The van der Waals surface area contributed by atoms with Crippen LogP contribution in [0.4, 0.5) is 4.39 Å². The van der Waals surface area contributed by atoms with E-state index in [9.17, 15) is 14.0 Å². The van der Waals surface area contributed by atoms with Gasteiger partial charge in [-0.05, 0) is 26.8 Å². The Morgan fingerprint density at radius 1 is 1.24 bits per heavy atom. The van der Waals surface area contributed by atoms with E-state index >= 15 is 0 Å². The highest BCUT2D eigenvalue weighted by Crippen LogP contribution is 2.19. The second kappa shape index (κ2) is 5.43. The number of halogens is 1. The third kappa shape index (κ3) is 2.96. The predicted molar refractivity (Wildman–Crippen MR) is 73.5 cm³/mol. The summed E-state index contributed by atoms with van der Waals surface area (Å²) in [5.41, 5.74) is 1.72. The topological polar surface area (TPSA) is 92.2 Å². The SMILES string of the molecule is Cc1nc2cc(F)cc(C(=O)NC(C)C(=O)O)c2nc1C. The maximum atomic E-state index is 13.6. The van der Waals surface area contributed by atoms with Gasteiger partial charge in [-0.25, -0.2) is 14.4 Å². The summed E-state index contributed by atoms with van der Waals surface area (Å²) in [6.07, 6.45) is 0. The summed E-state index contributed by atoms with van der Waals surface area (Å²) < 4.78 is 13.6. The van der Waals surface area contributed by atoms with Crippen LogP contribution >= 0.6 is 0 Å². The van der Waals surface area contributed by atoms with Crippen LogP contribution in [0.2, 0.25) is 0 Å². The number of carboxylic acid groups (broad SMARTS) is 1. The van der Waals surface area contributed by atoms with Crippen LogP contribution < -0.4 is 5.32 Å². The van der Waals surface area contributed by atoms with Gasteiger partial charge in [0.25, 0.3) is 5.91 Å². The number of fused-ring (bicyclic) bond motifs is 1. The molecule has 1 unspecified atom stereocenters. The summed E-state index contributed by atoms with van der Waals surface area (Å²) in [5, 5.41) is 11.1. The quantitative estimate of drug-likeness (QED) is 0.896. The molecule has 0 fully saturated rings. The Morgan fingerprint density at radius 2 is 1.86 bits per heavy atom. The molecule has 110 valence electrons. The van der Waals surface area contributed by atoms with Gasteiger partial charge in [0, 0.05) is 6.07 Å². The molecule has 0 radical (unpaired) electrons. The van der Waals surface area contributed by atoms with Crippen LogP contribution in [0.15, 0.2) is 12.1 Å². The van der Waals surface area contributed by atoms with Crippen LogP contribution in [0, 0.1) is 19.7 Å². The molecule has 0 aliphatic carbocycles. The number of hydrogen-bond acceptors (Lipinski definition) is 4. The summed E-state index contributed by atoms with van der Waals surface area (Å²) in [4.78, 5) is 31.3. The smallest absolute Gasteiger partial charge is 0.325 e. The normalized spacial score (nSPS) is 12.2. The van der Waals surface area contributed by atoms with Crippen molar-refractivity contribution in [1.82, 2.24) is 15.3 Å². The van der Waals surface area contributed by atoms with E-state index < -0.39 is 23.7 Å². The van der Waals surface area contributed by atoms with Crippen molar-refractivity contribution in [2.24, 2.45) is 0 Å². The molecule has 2 rings (SSSR count). The molecule has 0 aliphatic heterocycles. The number of aromatic nitrogens is 2. The molecule has 0 bridgehead atoms. The van der Waals surface area contributed by atoms with Gasteiger partial charge in [0.2, 0.25) is 0 Å². The fraction of sp³-hybridized carbons (Fsp3) is 0.286. The van der Waals surface area contributed by atoms with Crippen LogP contribution in [0.3, 0.4) is 0 Å². The molecular formula is C14H14FN3O3. The van der Waals surface area contributed by atoms with Crippen LogP contribution in [0.25, 0.3) is 11.0 Å². The summed E-state index contributed by atoms with van der Waals surface area (Å²) in [6, 6.07) is 1.12. The maximum Gasteiger partial charge on any atom is 0.325 e. The van der Waals surface area contributed by atoms with E-state index in [0.29, 0.717) is 11.4 Å². The maximum absolute atomic E-state index is 13.6. The lowest BCUT2D eigenvalue weighted by molar-refractivity contribution is -0.138. The number of nitrogens with one attached hydrogen (secondary N) is 1. The van der Waals surface area contributed by atoms with Gasteiger partial charge in [-0.3, -0.25) is 9.59 Å². The second-order valence-corrected chi connectivity index (χ2v) is 4.75. The van der Waals surface area contributed by atoms with E-state index in [-0.39, 0.29) is 16.6 Å². The lowest BCUT2D eigenvalue weighted by Gasteiger charge is -2.11. The van der Waals surface area contributed by atoms with Gasteiger partial charge in [0.05, 0.1) is 22.5 Å². The number of amides is 1. The van der Waals surface area contributed by atoms with Crippen molar-refractivity contribution in [3.8, 4) is 0 Å². The number of carbonyl (C=O) groups excluding carboxylic acids is 1. The molecule has 1 aromatic carbocycles. The van der Waals surface area contributed by atoms with Crippen molar-refractivity contribution in [2.45, 2.75) is 26.8 Å². The van der Waals surface area contributed by atoms with Gasteiger partial charge in [-0.2, -0.15) is 0 Å². The zero-order valence-corrected chi connectivity index (χ0v) is 11.8. The van der Waals surface area contributed by atoms with E-state index in [1.54, 1.807) is 13.8 Å². The van der Waals surface area contributed by atoms with Gasteiger partial charge >= 0.3 is 5.97 Å². The number of carbonyl (C=O) groups is 2. The third-order valence-corrected chi connectivity index (χ3v) is 3.11. The van der Waals surface area contributed by atoms with E-state index in [1.165, 1.54) is 13.0 Å². The van der Waals surface area contributed by atoms with Gasteiger partial charge < -0.3 is 10.4 Å². The first-order valence-electron chi connectivity index (χ1n) is 6.27. The number of rotatable bonds is 3. The van der Waals surface area contributed by atoms with Crippen molar-refractivity contribution in [3.63, 3.8) is 0 Å². The van der Waals surface area contributed by atoms with Crippen molar-refractivity contribution < 1.29 is 19.1 Å². The highest BCUT2D eigenvalue weighted by atomic mass is 19.1. The van der Waals surface area contributed by atoms with Gasteiger partial charge in [-0.1, -0.05) is 0 Å². The zero-order chi connectivity index (χ0) is 15.7. The van der Waals surface area contributed by atoms with E-state index in [1.807, 2.05) is 0 Å². The van der Waals surface area contributed by atoms with Crippen LogP contribution in [0.1, 0.15) is 28.7 Å². The number of benzene rings is 1. The standard InChI is InChI=1S/C14H14FN3O3/c1-6-7(2)17-12-10(4-9(15)5-11(12)16-6)13(19)18-8(3)14(20)21/h4-5,8H,1-3H3,(H,18,19)(H,20,21). The molecule has 1 heterocycles. The molecule has 21 heavy (non-hydrogen) atoms. The van der Waals surface area contributed by atoms with E-state index in [4.69, 9.17) is 5.11 Å². The molecule has 0 saturated heterocycles. The van der Waals surface area contributed by atoms with E-state index in [2.05, 4.69) is 15.3 Å². The average Bonchev–Trinajstić information content (AvgIpc) is 2.39. The summed E-state index contributed by atoms with van der Waals surface area (Å²) in [5.74, 6) is -2.51. The Labute approximate surface area is 120 Å². The largest absolute Gasteiger partial charge is 0.480 e. The third-order valence-electron chi connectivity index (χ3n) is 3.11. The second-order valence-electron chi connectivity index (χ2n) is 4.75. The number of nitrogens with zero attached hydrogens (tertiary/aromatic N) is 2. The van der Waals surface area contributed by atoms with Crippen molar-refractivity contribution >= 4 is 22.9 Å². The van der Waals surface area contributed by atoms with Crippen molar-refractivity contribution in [2.75, 3.05) is 0 Å². The first kappa shape index (κ1) is 14.8. The van der Waals surface area contributed by atoms with E-state index in [0.717, 1.165) is 6.07 Å². The molecule has 2 N–H and O–H groups in total. The van der Waals surface area contributed by atoms with Crippen LogP contribution in [-0.2, 0) is 4.79 Å². The van der Waals surface area contributed by atoms with Crippen molar-refractivity contribution in [1.29, 1.82) is 0 Å². The number of carboxylic acids is 1. The molecule has 6 nitrogen and oxygen atoms in total. The molecule has 0 aliphatic rings. The minimum Gasteiger partial charge on any atom is -0.480 e. The zero-order valence-electron chi connectivity index (χ0n) is 11.8. The minimum absolute atomic E-state index is 0.0336. The van der Waals surface area contributed by atoms with Crippen LogP contribution in [-0.4, -0.2) is 33.0 Å². The van der Waals surface area contributed by atoms with Gasteiger partial charge in [0.1, 0.15) is 17.4 Å². The Hall–Kier alpha value is -2.57. The fourth-order valence-corrected chi connectivity index (χ4v) is 1.81. The molecule has 0 saturated carbocycles. The lowest BCUT2D eigenvalue weighted by atomic mass is 10.1. The van der Waals surface area contributed by atoms with Crippen LogP contribution in [0.5, 0.6) is 0 Å². The number of aliphatic carboxylic acids is 1. The summed E-state index contributed by atoms with van der Waals surface area (Å²) >= 11 is 0. The Kier molecular flexibility index (Phi) is 3.84. The molecule has 0 spiro atoms. The molecule has 1 amide bonds. The highest BCUT2D eigenvalue weighted by molar-refractivity contribution is 6.05. The Balaban J connectivity index is 2.55. The number of hydrogen-bond donors (Lipinski definition) is 2.